The number of rotatable bonds is 17. The first-order valence-corrected chi connectivity index (χ1v) is 23.3. The van der Waals surface area contributed by atoms with Gasteiger partial charge in [0.1, 0.15) is 48.8 Å². The Hall–Kier alpha value is -2.18. The van der Waals surface area contributed by atoms with Crippen molar-refractivity contribution in [2.75, 3.05) is 20.3 Å². The summed E-state index contributed by atoms with van der Waals surface area (Å²) < 4.78 is 49.3. The number of aliphatic hydroxyl groups excluding tert-OH is 2. The first kappa shape index (κ1) is 46.9. The number of carbonyl (C=O) groups excluding carboxylic acids is 1. The SMILES string of the molecule is CO[C@H]1O[C@H](COCc2ccccc2)[C@@H](O[C@H]2O[C@H](CO[Si](C)(C)C(C)(C)C)[C@@H](O)[C@@H](O)[C@@H]2NC(=O)C(Cl)(Cl)Cl)[C@H](OCc2ccccc2)[C@H]1OCc1ccccc1. The predicted octanol–water partition coefficient (Wildman–Crippen LogP) is 6.45. The zero-order valence-electron chi connectivity index (χ0n) is 33.7. The molecule has 0 saturated carbocycles. The molecule has 5 rings (SSSR count). The Morgan fingerprint density at radius 1 is 0.707 bits per heavy atom. The van der Waals surface area contributed by atoms with Crippen LogP contribution in [0.3, 0.4) is 0 Å². The van der Waals surface area contributed by atoms with E-state index in [0.717, 1.165) is 16.7 Å². The summed E-state index contributed by atoms with van der Waals surface area (Å²) in [4.78, 5) is 13.2. The van der Waals surface area contributed by atoms with Crippen molar-refractivity contribution in [3.63, 3.8) is 0 Å². The van der Waals surface area contributed by atoms with Gasteiger partial charge in [-0.2, -0.15) is 0 Å². The fourth-order valence-corrected chi connectivity index (χ4v) is 7.54. The van der Waals surface area contributed by atoms with Crippen molar-refractivity contribution in [3.8, 4) is 0 Å². The number of methoxy groups -OCH3 is 1. The molecule has 10 atom stereocenters. The fourth-order valence-electron chi connectivity index (χ4n) is 6.37. The summed E-state index contributed by atoms with van der Waals surface area (Å²) in [7, 11) is -0.850. The second-order valence-corrected chi connectivity index (χ2v) is 23.1. The minimum absolute atomic E-state index is 0.00297. The summed E-state index contributed by atoms with van der Waals surface area (Å²) in [5.41, 5.74) is 2.71. The molecule has 0 spiro atoms. The molecule has 1 amide bonds. The van der Waals surface area contributed by atoms with Crippen LogP contribution in [0.25, 0.3) is 0 Å². The Balaban J connectivity index is 1.53. The molecule has 0 radical (unpaired) electrons. The summed E-state index contributed by atoms with van der Waals surface area (Å²) in [6.45, 7) is 10.9. The molecule has 16 heteroatoms. The van der Waals surface area contributed by atoms with Crippen LogP contribution in [0.5, 0.6) is 0 Å². The molecule has 320 valence electrons. The van der Waals surface area contributed by atoms with Crippen LogP contribution in [0.2, 0.25) is 18.1 Å². The predicted molar refractivity (Wildman–Crippen MR) is 223 cm³/mol. The van der Waals surface area contributed by atoms with Crippen molar-refractivity contribution in [1.82, 2.24) is 5.32 Å². The summed E-state index contributed by atoms with van der Waals surface area (Å²) in [5, 5.41) is 25.5. The zero-order valence-corrected chi connectivity index (χ0v) is 36.9. The van der Waals surface area contributed by atoms with Gasteiger partial charge in [0.25, 0.3) is 9.70 Å². The Labute approximate surface area is 357 Å². The van der Waals surface area contributed by atoms with Crippen molar-refractivity contribution in [1.29, 1.82) is 0 Å². The van der Waals surface area contributed by atoms with Gasteiger partial charge in [-0.3, -0.25) is 4.79 Å². The topological polar surface area (TPSA) is 143 Å². The van der Waals surface area contributed by atoms with Crippen LogP contribution >= 0.6 is 34.8 Å². The molecule has 0 aromatic heterocycles. The Kier molecular flexibility index (Phi) is 17.0. The lowest BCUT2D eigenvalue weighted by atomic mass is 9.95. The second kappa shape index (κ2) is 21.1. The average molecular weight is 885 g/mol. The molecule has 2 aliphatic rings. The number of amides is 1. The summed E-state index contributed by atoms with van der Waals surface area (Å²) in [5.74, 6) is -1.06. The number of benzene rings is 3. The van der Waals surface area contributed by atoms with Gasteiger partial charge in [0.15, 0.2) is 20.9 Å². The minimum Gasteiger partial charge on any atom is -0.414 e. The van der Waals surface area contributed by atoms with Crippen LogP contribution in [0, 0.1) is 0 Å². The van der Waals surface area contributed by atoms with Crippen molar-refractivity contribution < 1.29 is 52.6 Å². The van der Waals surface area contributed by atoms with Crippen LogP contribution in [0.4, 0.5) is 0 Å². The number of aliphatic hydroxyl groups is 2. The quantitative estimate of drug-likeness (QED) is 0.102. The minimum atomic E-state index is -2.41. The maximum atomic E-state index is 13.2. The molecule has 0 bridgehead atoms. The number of hydrogen-bond acceptors (Lipinski definition) is 11. The van der Waals surface area contributed by atoms with Crippen LogP contribution < -0.4 is 5.32 Å². The van der Waals surface area contributed by atoms with E-state index in [9.17, 15) is 15.0 Å². The van der Waals surface area contributed by atoms with Gasteiger partial charge < -0.3 is 53.1 Å². The lowest BCUT2D eigenvalue weighted by Gasteiger charge is -2.49. The molecule has 0 unspecified atom stereocenters. The highest BCUT2D eigenvalue weighted by molar-refractivity contribution is 6.76. The first-order chi connectivity index (χ1) is 27.5. The molecule has 3 aromatic carbocycles. The molecule has 12 nitrogen and oxygen atoms in total. The molecule has 3 N–H and O–H groups in total. The van der Waals surface area contributed by atoms with E-state index < -0.39 is 79.4 Å². The average Bonchev–Trinajstić information content (AvgIpc) is 3.19. The molecule has 2 aliphatic heterocycles. The molecule has 2 saturated heterocycles. The third-order valence-corrected chi connectivity index (χ3v) is 15.8. The zero-order chi connectivity index (χ0) is 42.1. The van der Waals surface area contributed by atoms with Crippen molar-refractivity contribution in [2.24, 2.45) is 0 Å². The van der Waals surface area contributed by atoms with Crippen LogP contribution in [-0.4, -0.2) is 110 Å². The number of nitrogens with one attached hydrogen (secondary N) is 1. The Morgan fingerprint density at radius 3 is 1.71 bits per heavy atom. The summed E-state index contributed by atoms with van der Waals surface area (Å²) in [6.07, 6.45) is -10.4. The van der Waals surface area contributed by atoms with E-state index in [1.807, 2.05) is 91.0 Å². The lowest BCUT2D eigenvalue weighted by Crippen LogP contribution is -2.69. The van der Waals surface area contributed by atoms with E-state index in [1.165, 1.54) is 7.11 Å². The molecule has 3 aromatic rings. The van der Waals surface area contributed by atoms with E-state index in [1.54, 1.807) is 0 Å². The van der Waals surface area contributed by atoms with Gasteiger partial charge in [0.05, 0.1) is 33.0 Å². The summed E-state index contributed by atoms with van der Waals surface area (Å²) >= 11 is 17.9. The maximum Gasteiger partial charge on any atom is 0.272 e. The normalized spacial score (nSPS) is 28.3. The Bertz CT molecular complexity index is 1690. The highest BCUT2D eigenvalue weighted by Gasteiger charge is 2.54. The standard InChI is InChI=1S/C42H56Cl3NO11Si/c1-41(2,3)58(5,6)54-26-30-33(47)34(48)32(46-40(49)42(43,44)45)38(55-30)57-35-31(25-51-22-27-16-10-7-11-17-27)56-39(50-4)37(53-24-29-20-14-9-15-21-29)36(35)52-23-28-18-12-8-13-19-28/h7-21,30-39,47-48H,22-26H2,1-6H3,(H,46,49)/t30-,31-,32+,33-,34+,35-,36+,37-,38-,39+/m1/s1. The number of ether oxygens (including phenoxy) is 7. The largest absolute Gasteiger partial charge is 0.414 e. The third-order valence-electron chi connectivity index (χ3n) is 10.7. The second-order valence-electron chi connectivity index (χ2n) is 16.0. The van der Waals surface area contributed by atoms with E-state index in [4.69, 9.17) is 72.4 Å². The smallest absolute Gasteiger partial charge is 0.272 e. The first-order valence-electron chi connectivity index (χ1n) is 19.3. The number of hydrogen-bond donors (Lipinski definition) is 3. The van der Waals surface area contributed by atoms with Gasteiger partial charge in [-0.1, -0.05) is 147 Å². The Morgan fingerprint density at radius 2 is 1.21 bits per heavy atom. The van der Waals surface area contributed by atoms with Gasteiger partial charge >= 0.3 is 0 Å². The number of carbonyl (C=O) groups is 1. The van der Waals surface area contributed by atoms with Crippen LogP contribution in [-0.2, 0) is 62.2 Å². The van der Waals surface area contributed by atoms with Crippen molar-refractivity contribution >= 4 is 49.0 Å². The van der Waals surface area contributed by atoms with Gasteiger partial charge in [0, 0.05) is 7.11 Å². The van der Waals surface area contributed by atoms with Crippen molar-refractivity contribution in [2.45, 2.75) is 124 Å². The molecule has 58 heavy (non-hydrogen) atoms. The highest BCUT2D eigenvalue weighted by atomic mass is 35.6. The molecular formula is C42H56Cl3NO11Si. The third kappa shape index (κ3) is 12.7. The van der Waals surface area contributed by atoms with Crippen LogP contribution in [0.15, 0.2) is 91.0 Å². The van der Waals surface area contributed by atoms with Crippen LogP contribution in [0.1, 0.15) is 37.5 Å². The molecule has 2 heterocycles. The maximum absolute atomic E-state index is 13.2. The van der Waals surface area contributed by atoms with Gasteiger partial charge in [0.2, 0.25) is 0 Å². The van der Waals surface area contributed by atoms with Gasteiger partial charge in [-0.15, -0.1) is 0 Å². The fraction of sp³-hybridized carbons (Fsp3) is 0.548. The highest BCUT2D eigenvalue weighted by Crippen LogP contribution is 2.38. The van der Waals surface area contributed by atoms with E-state index >= 15 is 0 Å². The summed E-state index contributed by atoms with van der Waals surface area (Å²) in [6, 6.07) is 27.4. The van der Waals surface area contributed by atoms with Gasteiger partial charge in [-0.05, 0) is 34.8 Å². The van der Waals surface area contributed by atoms with E-state index in [0.29, 0.717) is 0 Å². The monoisotopic (exact) mass is 883 g/mol. The molecular weight excluding hydrogens is 829 g/mol. The lowest BCUT2D eigenvalue weighted by molar-refractivity contribution is -0.356. The molecule has 0 aliphatic carbocycles. The number of alkyl halides is 3. The van der Waals surface area contributed by atoms with E-state index in [2.05, 4.69) is 39.2 Å². The van der Waals surface area contributed by atoms with Gasteiger partial charge in [-0.25, -0.2) is 0 Å². The number of halogens is 3. The molecule has 2 fully saturated rings. The van der Waals surface area contributed by atoms with E-state index in [-0.39, 0.29) is 38.1 Å². The van der Waals surface area contributed by atoms with Crippen molar-refractivity contribution in [3.05, 3.63) is 108 Å².